The van der Waals surface area contributed by atoms with Gasteiger partial charge in [0.15, 0.2) is 0 Å². The monoisotopic (exact) mass is 878 g/mol. The molecule has 0 N–H and O–H groups in total. The van der Waals surface area contributed by atoms with Crippen LogP contribution in [0.4, 0.5) is 0 Å². The third kappa shape index (κ3) is 5.19. The van der Waals surface area contributed by atoms with Gasteiger partial charge in [-0.1, -0.05) is 229 Å². The molecule has 0 heterocycles. The fourth-order valence-electron chi connectivity index (χ4n) is 13.5. The summed E-state index contributed by atoms with van der Waals surface area (Å²) in [4.78, 5) is 0. The highest BCUT2D eigenvalue weighted by atomic mass is 14.5. The summed E-state index contributed by atoms with van der Waals surface area (Å²) in [5.41, 5.74) is 29.4. The first-order valence-corrected chi connectivity index (χ1v) is 24.6. The minimum Gasteiger partial charge on any atom is -0.0619 e. The molecule has 0 heteroatoms. The van der Waals surface area contributed by atoms with E-state index in [0.717, 1.165) is 0 Å². The van der Waals surface area contributed by atoms with E-state index >= 15 is 0 Å². The van der Waals surface area contributed by atoms with Crippen LogP contribution in [0.15, 0.2) is 218 Å². The number of hydrogen-bond acceptors (Lipinski definition) is 0. The Balaban J connectivity index is 1.13. The maximum absolute atomic E-state index is 2.62. The standard InChI is InChI=1S/C69H50/c1-43-21-31-49(32-22-43)67(50-33-23-44(2)24-34-50)59-17-9-7-15-55(59)57-41-63-47(39-65(57)67)29-30-48-40-66-58(42-64(48)69(63)61-19-11-5-13-53(61)54-14-6-12-20-62(54)69)56-16-8-10-18-60(56)68(66,51-35-25-45(3)26-36-51)52-37-27-46(4)28-38-52/h5-42H,1-4H3. The van der Waals surface area contributed by atoms with Gasteiger partial charge in [0.2, 0.25) is 0 Å². The van der Waals surface area contributed by atoms with Gasteiger partial charge >= 0.3 is 0 Å². The van der Waals surface area contributed by atoms with Gasteiger partial charge < -0.3 is 0 Å². The second-order valence-electron chi connectivity index (χ2n) is 20.2. The molecule has 0 radical (unpaired) electrons. The maximum Gasteiger partial charge on any atom is 0.0725 e. The van der Waals surface area contributed by atoms with E-state index < -0.39 is 16.2 Å². The Morgan fingerprint density at radius 2 is 0.478 bits per heavy atom. The van der Waals surface area contributed by atoms with Crippen molar-refractivity contribution < 1.29 is 0 Å². The molecule has 0 aromatic heterocycles. The topological polar surface area (TPSA) is 0 Å². The summed E-state index contributed by atoms with van der Waals surface area (Å²) in [5.74, 6) is 0. The molecule has 0 amide bonds. The molecule has 0 saturated carbocycles. The molecule has 0 bridgehead atoms. The molecule has 0 atom stereocenters. The third-order valence-electron chi connectivity index (χ3n) is 16.6. The Morgan fingerprint density at radius 1 is 0.217 bits per heavy atom. The molecule has 4 aliphatic rings. The third-order valence-corrected chi connectivity index (χ3v) is 16.6. The fourth-order valence-corrected chi connectivity index (χ4v) is 13.5. The lowest BCUT2D eigenvalue weighted by atomic mass is 9.63. The van der Waals surface area contributed by atoms with Gasteiger partial charge in [0.1, 0.15) is 0 Å². The van der Waals surface area contributed by atoms with Crippen molar-refractivity contribution in [2.45, 2.75) is 43.9 Å². The van der Waals surface area contributed by atoms with Crippen LogP contribution in [0.1, 0.15) is 100 Å². The average molecular weight is 879 g/mol. The Morgan fingerprint density at radius 3 is 0.783 bits per heavy atom. The van der Waals surface area contributed by atoms with E-state index in [2.05, 4.69) is 258 Å². The lowest BCUT2D eigenvalue weighted by Crippen LogP contribution is -2.32. The van der Waals surface area contributed by atoms with Crippen LogP contribution < -0.4 is 0 Å². The maximum atomic E-state index is 2.62. The Hall–Kier alpha value is -8.06. The van der Waals surface area contributed by atoms with Crippen molar-refractivity contribution in [1.82, 2.24) is 0 Å². The van der Waals surface area contributed by atoms with Gasteiger partial charge in [0.05, 0.1) is 16.2 Å². The van der Waals surface area contributed by atoms with Crippen LogP contribution >= 0.6 is 0 Å². The molecule has 4 aliphatic carbocycles. The van der Waals surface area contributed by atoms with Gasteiger partial charge in [-0.25, -0.2) is 0 Å². The zero-order valence-corrected chi connectivity index (χ0v) is 39.4. The van der Waals surface area contributed by atoms with Crippen LogP contribution in [-0.4, -0.2) is 0 Å². The first kappa shape index (κ1) is 40.0. The van der Waals surface area contributed by atoms with Crippen LogP contribution in [0.3, 0.4) is 0 Å². The highest BCUT2D eigenvalue weighted by Crippen LogP contribution is 2.64. The van der Waals surface area contributed by atoms with E-state index in [0.29, 0.717) is 0 Å². The summed E-state index contributed by atoms with van der Waals surface area (Å²) < 4.78 is 0. The van der Waals surface area contributed by atoms with E-state index in [1.807, 2.05) is 0 Å². The first-order valence-electron chi connectivity index (χ1n) is 24.6. The highest BCUT2D eigenvalue weighted by molar-refractivity contribution is 5.97. The summed E-state index contributed by atoms with van der Waals surface area (Å²) in [6, 6.07) is 84.7. The molecule has 326 valence electrons. The summed E-state index contributed by atoms with van der Waals surface area (Å²) in [7, 11) is 0. The van der Waals surface area contributed by atoms with E-state index in [1.165, 1.54) is 134 Å². The number of hydrogen-bond donors (Lipinski definition) is 0. The molecule has 1 spiro atoms. The van der Waals surface area contributed by atoms with Gasteiger partial charge in [-0.05, 0) is 163 Å². The quantitative estimate of drug-likeness (QED) is 0.165. The van der Waals surface area contributed by atoms with Crippen LogP contribution in [0, 0.1) is 27.7 Å². The predicted molar refractivity (Wildman–Crippen MR) is 286 cm³/mol. The van der Waals surface area contributed by atoms with Gasteiger partial charge in [-0.2, -0.15) is 0 Å². The Kier molecular flexibility index (Phi) is 8.40. The van der Waals surface area contributed by atoms with Crippen molar-refractivity contribution in [1.29, 1.82) is 0 Å². The van der Waals surface area contributed by atoms with Gasteiger partial charge in [-0.3, -0.25) is 0 Å². The Labute approximate surface area is 406 Å². The van der Waals surface area contributed by atoms with E-state index in [-0.39, 0.29) is 0 Å². The molecule has 0 saturated heterocycles. The van der Waals surface area contributed by atoms with Gasteiger partial charge in [0.25, 0.3) is 0 Å². The van der Waals surface area contributed by atoms with Crippen LogP contribution in [0.5, 0.6) is 0 Å². The molecule has 10 aromatic carbocycles. The van der Waals surface area contributed by atoms with Crippen molar-refractivity contribution in [3.05, 3.63) is 319 Å². The zero-order valence-electron chi connectivity index (χ0n) is 39.4. The van der Waals surface area contributed by atoms with Crippen molar-refractivity contribution >= 4 is 12.2 Å². The SMILES string of the molecule is Cc1ccc(C2(c3ccc(C)cc3)c3ccccc3-c3cc4c(cc32)C=Cc2cc3c(cc2C42c4ccccc4-c4ccccc42)-c2ccccc2C3(c2ccc(C)cc2)c2ccc(C)cc2)cc1. The molecular formula is C69H50. The largest absolute Gasteiger partial charge is 0.0725 e. The van der Waals surface area contributed by atoms with Gasteiger partial charge in [-0.15, -0.1) is 0 Å². The minimum absolute atomic E-state index is 0.527. The smallest absolute Gasteiger partial charge is 0.0619 e. The van der Waals surface area contributed by atoms with E-state index in [9.17, 15) is 0 Å². The molecule has 69 heavy (non-hydrogen) atoms. The molecule has 10 aromatic rings. The number of rotatable bonds is 4. The van der Waals surface area contributed by atoms with Crippen molar-refractivity contribution in [2.24, 2.45) is 0 Å². The second kappa shape index (κ2) is 14.5. The summed E-state index contributed by atoms with van der Waals surface area (Å²) >= 11 is 0. The minimum atomic E-state index is -0.632. The van der Waals surface area contributed by atoms with Crippen molar-refractivity contribution in [2.75, 3.05) is 0 Å². The number of fused-ring (bicyclic) bond motifs is 15. The lowest BCUT2D eigenvalue weighted by molar-refractivity contribution is 0.747. The summed E-state index contributed by atoms with van der Waals surface area (Å²) in [5, 5.41) is 0. The van der Waals surface area contributed by atoms with E-state index in [1.54, 1.807) is 0 Å². The number of aryl methyl sites for hydroxylation is 4. The predicted octanol–water partition coefficient (Wildman–Crippen LogP) is 16.5. The molecule has 0 fully saturated rings. The van der Waals surface area contributed by atoms with Crippen molar-refractivity contribution in [3.63, 3.8) is 0 Å². The Bertz CT molecular complexity index is 3440. The zero-order chi connectivity index (χ0) is 46.2. The average Bonchev–Trinajstić information content (AvgIpc) is 3.92. The lowest BCUT2D eigenvalue weighted by Gasteiger charge is -2.38. The second-order valence-corrected chi connectivity index (χ2v) is 20.2. The highest BCUT2D eigenvalue weighted by Gasteiger charge is 2.54. The molecule has 0 unspecified atom stereocenters. The van der Waals surface area contributed by atoms with Gasteiger partial charge in [0, 0.05) is 0 Å². The van der Waals surface area contributed by atoms with Crippen LogP contribution in [0.2, 0.25) is 0 Å². The van der Waals surface area contributed by atoms with E-state index in [4.69, 9.17) is 0 Å². The summed E-state index contributed by atoms with van der Waals surface area (Å²) in [6.45, 7) is 8.77. The molecule has 0 nitrogen and oxygen atoms in total. The van der Waals surface area contributed by atoms with Crippen molar-refractivity contribution in [3.8, 4) is 33.4 Å². The number of benzene rings is 10. The first-order chi connectivity index (χ1) is 33.8. The van der Waals surface area contributed by atoms with Crippen LogP contribution in [-0.2, 0) is 16.2 Å². The molecule has 0 aliphatic heterocycles. The summed E-state index contributed by atoms with van der Waals surface area (Å²) in [6.07, 6.45) is 4.91. The van der Waals surface area contributed by atoms with Crippen LogP contribution in [0.25, 0.3) is 45.5 Å². The fraction of sp³-hybridized carbons (Fsp3) is 0.101. The molecule has 14 rings (SSSR count). The molecular weight excluding hydrogens is 829 g/mol. The normalized spacial score (nSPS) is 15.2.